The predicted octanol–water partition coefficient (Wildman–Crippen LogP) is 4.69. The molecule has 0 saturated carbocycles. The fourth-order valence-corrected chi connectivity index (χ4v) is 5.12. The molecule has 0 spiro atoms. The van der Waals surface area contributed by atoms with Gasteiger partial charge >= 0.3 is 0 Å². The lowest BCUT2D eigenvalue weighted by Crippen LogP contribution is -2.47. The second-order valence-corrected chi connectivity index (χ2v) is 10.7. The van der Waals surface area contributed by atoms with Crippen LogP contribution < -0.4 is 29.6 Å². The van der Waals surface area contributed by atoms with Gasteiger partial charge in [0, 0.05) is 11.4 Å². The molecule has 0 aliphatic carbocycles. The first kappa shape index (κ1) is 30.3. The van der Waals surface area contributed by atoms with Crippen molar-refractivity contribution in [2.75, 3.05) is 30.4 Å². The number of nitrogens with one attached hydrogen (secondary N) is 3. The quantitative estimate of drug-likeness (QED) is 0.272. The third kappa shape index (κ3) is 7.66. The number of benzene rings is 3. The number of amides is 2. The molecule has 3 rings (SSSR count). The van der Waals surface area contributed by atoms with Gasteiger partial charge in [-0.15, -0.1) is 0 Å². The van der Waals surface area contributed by atoms with E-state index in [-0.39, 0.29) is 22.3 Å². The maximum Gasteiger partial charge on any atom is 0.265 e. The first-order valence-electron chi connectivity index (χ1n) is 12.9. The standard InChI is InChI=1S/C29H35N3O7S/c1-6-38-22-15-12-20(13-16-22)32-40(35,36)26-18-21(14-17-25(26)37-5)30-29(34)27(19(3)4)31-28(33)23-10-8-9-11-24(23)39-7-2/h8-19,27,32H,6-7H2,1-5H3,(H,30,34)(H,31,33)/t27-/m1/s1. The molecule has 1 atom stereocenters. The molecule has 40 heavy (non-hydrogen) atoms. The van der Waals surface area contributed by atoms with Crippen LogP contribution in [0.4, 0.5) is 11.4 Å². The summed E-state index contributed by atoms with van der Waals surface area (Å²) in [4.78, 5) is 26.1. The van der Waals surface area contributed by atoms with Crippen LogP contribution in [-0.2, 0) is 14.8 Å². The summed E-state index contributed by atoms with van der Waals surface area (Å²) in [5.41, 5.74) is 0.850. The number of methoxy groups -OCH3 is 1. The molecule has 0 bridgehead atoms. The number of anilines is 2. The molecule has 0 heterocycles. The highest BCUT2D eigenvalue weighted by molar-refractivity contribution is 7.92. The number of carbonyl (C=O) groups excluding carboxylic acids is 2. The molecule has 0 radical (unpaired) electrons. The molecule has 0 aromatic heterocycles. The smallest absolute Gasteiger partial charge is 0.265 e. The van der Waals surface area contributed by atoms with Crippen LogP contribution in [0.2, 0.25) is 0 Å². The molecule has 3 aromatic rings. The Morgan fingerprint density at radius 2 is 1.50 bits per heavy atom. The van der Waals surface area contributed by atoms with Crippen molar-refractivity contribution >= 4 is 33.2 Å². The summed E-state index contributed by atoms with van der Waals surface area (Å²) in [6, 6.07) is 16.6. The van der Waals surface area contributed by atoms with E-state index in [2.05, 4.69) is 15.4 Å². The van der Waals surface area contributed by atoms with Gasteiger partial charge in [-0.3, -0.25) is 14.3 Å². The largest absolute Gasteiger partial charge is 0.495 e. The number of ether oxygens (including phenoxy) is 3. The fourth-order valence-electron chi connectivity index (χ4n) is 3.87. The van der Waals surface area contributed by atoms with Crippen LogP contribution in [0.15, 0.2) is 71.6 Å². The van der Waals surface area contributed by atoms with E-state index in [1.165, 1.54) is 25.3 Å². The summed E-state index contributed by atoms with van der Waals surface area (Å²) in [5, 5.41) is 5.49. The lowest BCUT2D eigenvalue weighted by molar-refractivity contribution is -0.118. The Balaban J connectivity index is 1.81. The topological polar surface area (TPSA) is 132 Å². The number of hydrogen-bond acceptors (Lipinski definition) is 7. The van der Waals surface area contributed by atoms with Gasteiger partial charge in [0.15, 0.2) is 0 Å². The van der Waals surface area contributed by atoms with Crippen molar-refractivity contribution in [2.24, 2.45) is 5.92 Å². The zero-order chi connectivity index (χ0) is 29.3. The van der Waals surface area contributed by atoms with Gasteiger partial charge in [-0.1, -0.05) is 26.0 Å². The van der Waals surface area contributed by atoms with Crippen LogP contribution in [0.25, 0.3) is 0 Å². The molecular weight excluding hydrogens is 534 g/mol. The van der Waals surface area contributed by atoms with Crippen molar-refractivity contribution in [3.63, 3.8) is 0 Å². The van der Waals surface area contributed by atoms with E-state index in [0.717, 1.165) is 0 Å². The van der Waals surface area contributed by atoms with Crippen molar-refractivity contribution in [3.8, 4) is 17.2 Å². The molecular formula is C29H35N3O7S. The van der Waals surface area contributed by atoms with Gasteiger partial charge in [-0.25, -0.2) is 8.42 Å². The van der Waals surface area contributed by atoms with E-state index in [4.69, 9.17) is 14.2 Å². The molecule has 0 aliphatic heterocycles. The molecule has 0 aliphatic rings. The van der Waals surface area contributed by atoms with Crippen LogP contribution in [-0.4, -0.2) is 46.6 Å². The SMILES string of the molecule is CCOc1ccc(NS(=O)(=O)c2cc(NC(=O)[C@H](NC(=O)c3ccccc3OCC)C(C)C)ccc2OC)cc1. The van der Waals surface area contributed by atoms with Gasteiger partial charge in [0.2, 0.25) is 5.91 Å². The second-order valence-electron chi connectivity index (χ2n) is 9.04. The summed E-state index contributed by atoms with van der Waals surface area (Å²) in [6.45, 7) is 8.13. The maximum absolute atomic E-state index is 13.3. The summed E-state index contributed by atoms with van der Waals surface area (Å²) < 4.78 is 45.2. The minimum absolute atomic E-state index is 0.0951. The molecule has 2 amide bonds. The van der Waals surface area contributed by atoms with E-state index in [1.54, 1.807) is 62.4 Å². The lowest BCUT2D eigenvalue weighted by atomic mass is 10.0. The minimum atomic E-state index is -4.09. The predicted molar refractivity (Wildman–Crippen MR) is 154 cm³/mol. The molecule has 214 valence electrons. The highest BCUT2D eigenvalue weighted by Crippen LogP contribution is 2.30. The van der Waals surface area contributed by atoms with Crippen molar-refractivity contribution in [2.45, 2.75) is 38.6 Å². The first-order chi connectivity index (χ1) is 19.1. The Labute approximate surface area is 235 Å². The van der Waals surface area contributed by atoms with Crippen molar-refractivity contribution in [3.05, 3.63) is 72.3 Å². The number of rotatable bonds is 13. The van der Waals surface area contributed by atoms with Gasteiger partial charge in [0.1, 0.15) is 28.2 Å². The number of sulfonamides is 1. The Morgan fingerprint density at radius 1 is 0.850 bits per heavy atom. The average Bonchev–Trinajstić information content (AvgIpc) is 2.93. The van der Waals surface area contributed by atoms with Crippen molar-refractivity contribution in [1.82, 2.24) is 5.32 Å². The number of para-hydroxylation sites is 1. The molecule has 3 aromatic carbocycles. The fraction of sp³-hybridized carbons (Fsp3) is 0.310. The maximum atomic E-state index is 13.3. The van der Waals surface area contributed by atoms with Gasteiger partial charge in [0.25, 0.3) is 15.9 Å². The van der Waals surface area contributed by atoms with Gasteiger partial charge in [-0.05, 0) is 74.4 Å². The zero-order valence-corrected chi connectivity index (χ0v) is 24.0. The van der Waals surface area contributed by atoms with Crippen molar-refractivity contribution < 1.29 is 32.2 Å². The normalized spacial score (nSPS) is 11.8. The molecule has 3 N–H and O–H groups in total. The van der Waals surface area contributed by atoms with Gasteiger partial charge in [0.05, 0.1) is 25.9 Å². The molecule has 0 fully saturated rings. The third-order valence-electron chi connectivity index (χ3n) is 5.81. The molecule has 11 heteroatoms. The third-order valence-corrected chi connectivity index (χ3v) is 7.21. The minimum Gasteiger partial charge on any atom is -0.495 e. The second kappa shape index (κ2) is 13.7. The Bertz CT molecular complexity index is 1420. The van der Waals surface area contributed by atoms with E-state index in [1.807, 2.05) is 13.8 Å². The van der Waals surface area contributed by atoms with E-state index >= 15 is 0 Å². The molecule has 10 nitrogen and oxygen atoms in total. The Morgan fingerprint density at radius 3 is 2.12 bits per heavy atom. The van der Waals surface area contributed by atoms with E-state index in [9.17, 15) is 18.0 Å². The summed E-state index contributed by atoms with van der Waals surface area (Å²) in [7, 11) is -2.74. The first-order valence-corrected chi connectivity index (χ1v) is 14.3. The van der Waals surface area contributed by atoms with Crippen LogP contribution in [0.3, 0.4) is 0 Å². The summed E-state index contributed by atoms with van der Waals surface area (Å²) >= 11 is 0. The average molecular weight is 570 g/mol. The van der Waals surface area contributed by atoms with E-state index in [0.29, 0.717) is 36.0 Å². The monoisotopic (exact) mass is 569 g/mol. The van der Waals surface area contributed by atoms with Gasteiger partial charge in [-0.2, -0.15) is 0 Å². The van der Waals surface area contributed by atoms with Crippen LogP contribution in [0.5, 0.6) is 17.2 Å². The summed E-state index contributed by atoms with van der Waals surface area (Å²) in [6.07, 6.45) is 0. The van der Waals surface area contributed by atoms with Crippen LogP contribution in [0.1, 0.15) is 38.1 Å². The zero-order valence-electron chi connectivity index (χ0n) is 23.2. The lowest BCUT2D eigenvalue weighted by Gasteiger charge is -2.22. The highest BCUT2D eigenvalue weighted by atomic mass is 32.2. The molecule has 0 saturated heterocycles. The van der Waals surface area contributed by atoms with Crippen molar-refractivity contribution in [1.29, 1.82) is 0 Å². The Kier molecular flexibility index (Phi) is 10.4. The summed E-state index contributed by atoms with van der Waals surface area (Å²) in [5.74, 6) is -0.124. The van der Waals surface area contributed by atoms with Gasteiger partial charge < -0.3 is 24.8 Å². The Hall–Kier alpha value is -4.25. The number of carbonyl (C=O) groups is 2. The highest BCUT2D eigenvalue weighted by Gasteiger charge is 2.27. The van der Waals surface area contributed by atoms with E-state index < -0.39 is 27.9 Å². The van der Waals surface area contributed by atoms with Crippen LogP contribution in [0, 0.1) is 5.92 Å². The van der Waals surface area contributed by atoms with Crippen LogP contribution >= 0.6 is 0 Å². The number of hydrogen-bond donors (Lipinski definition) is 3. The molecule has 0 unspecified atom stereocenters.